The number of unbranched alkanes of at least 4 members (excludes halogenated alkanes) is 21. The Morgan fingerprint density at radius 3 is 0.942 bits per heavy atom. The normalized spacial score (nSPS) is 11.5. The third kappa shape index (κ3) is 37.1. The molecule has 1 rings (SSSR count). The molecule has 0 heterocycles. The highest BCUT2D eigenvalue weighted by Crippen LogP contribution is 2.16. The van der Waals surface area contributed by atoms with E-state index in [1.807, 2.05) is 0 Å². The van der Waals surface area contributed by atoms with Gasteiger partial charge in [0, 0.05) is 6.61 Å². The topological polar surface area (TPSA) is 64.6 Å². The molecule has 7 nitrogen and oxygen atoms in total. The van der Waals surface area contributed by atoms with E-state index in [1.54, 1.807) is 0 Å². The average molecular weight is 737 g/mol. The molecule has 0 N–H and O–H groups in total. The lowest BCUT2D eigenvalue weighted by Gasteiger charge is -2.09. The molecular formula is C45H84O7. The van der Waals surface area contributed by atoms with Gasteiger partial charge in [-0.05, 0) is 37.0 Å². The van der Waals surface area contributed by atoms with Crippen LogP contribution in [0, 0.1) is 0 Å². The fourth-order valence-electron chi connectivity index (χ4n) is 6.21. The fourth-order valence-corrected chi connectivity index (χ4v) is 6.21. The third-order valence-corrected chi connectivity index (χ3v) is 9.49. The maximum absolute atomic E-state index is 5.80. The van der Waals surface area contributed by atoms with Gasteiger partial charge in [0.2, 0.25) is 0 Å². The van der Waals surface area contributed by atoms with E-state index in [0.29, 0.717) is 79.3 Å². The zero-order chi connectivity index (χ0) is 37.1. The Labute approximate surface area is 321 Å². The van der Waals surface area contributed by atoms with Gasteiger partial charge in [-0.2, -0.15) is 0 Å². The van der Waals surface area contributed by atoms with Gasteiger partial charge in [0.05, 0.1) is 72.7 Å². The Morgan fingerprint density at radius 2 is 0.577 bits per heavy atom. The summed E-state index contributed by atoms with van der Waals surface area (Å²) in [6.45, 7) is 12.3. The molecule has 0 spiro atoms. The zero-order valence-electron chi connectivity index (χ0n) is 34.3. The van der Waals surface area contributed by atoms with Crippen molar-refractivity contribution in [3.8, 4) is 5.75 Å². The first-order chi connectivity index (χ1) is 25.9. The van der Waals surface area contributed by atoms with Crippen molar-refractivity contribution in [1.82, 2.24) is 0 Å². The number of aryl methyl sites for hydroxylation is 1. The Hall–Kier alpha value is -1.22. The zero-order valence-corrected chi connectivity index (χ0v) is 34.3. The first-order valence-corrected chi connectivity index (χ1v) is 22.0. The minimum Gasteiger partial charge on any atom is -0.491 e. The van der Waals surface area contributed by atoms with E-state index in [9.17, 15) is 0 Å². The summed E-state index contributed by atoms with van der Waals surface area (Å²) < 4.78 is 39.4. The quantitative estimate of drug-likeness (QED) is 0.0618. The van der Waals surface area contributed by atoms with Crippen LogP contribution in [0.4, 0.5) is 0 Å². The smallest absolute Gasteiger partial charge is 0.119 e. The Morgan fingerprint density at radius 1 is 0.288 bits per heavy atom. The van der Waals surface area contributed by atoms with Gasteiger partial charge in [-0.1, -0.05) is 161 Å². The molecule has 0 aliphatic heterocycles. The molecule has 0 bridgehead atoms. The molecule has 0 aliphatic rings. The molecule has 0 atom stereocenters. The van der Waals surface area contributed by atoms with Gasteiger partial charge in [0.1, 0.15) is 12.4 Å². The first-order valence-electron chi connectivity index (χ1n) is 22.0. The highest BCUT2D eigenvalue weighted by Gasteiger charge is 2.00. The van der Waals surface area contributed by atoms with Gasteiger partial charge < -0.3 is 33.2 Å². The van der Waals surface area contributed by atoms with Crippen LogP contribution < -0.4 is 4.74 Å². The van der Waals surface area contributed by atoms with Crippen molar-refractivity contribution in [1.29, 1.82) is 0 Å². The van der Waals surface area contributed by atoms with Crippen LogP contribution >= 0.6 is 0 Å². The second kappa shape index (κ2) is 42.5. The molecule has 0 amide bonds. The van der Waals surface area contributed by atoms with Crippen LogP contribution in [-0.2, 0) is 34.8 Å². The monoisotopic (exact) mass is 737 g/mol. The average Bonchev–Trinajstić information content (AvgIpc) is 3.16. The van der Waals surface area contributed by atoms with Crippen LogP contribution in [0.3, 0.4) is 0 Å². The second-order valence-corrected chi connectivity index (χ2v) is 14.3. The molecule has 0 saturated carbocycles. The fraction of sp³-hybridized carbons (Fsp3) is 0.867. The van der Waals surface area contributed by atoms with Crippen LogP contribution in [0.1, 0.15) is 167 Å². The maximum atomic E-state index is 5.80. The van der Waals surface area contributed by atoms with Gasteiger partial charge in [-0.25, -0.2) is 0 Å². The van der Waals surface area contributed by atoms with E-state index in [4.69, 9.17) is 33.2 Å². The Bertz CT molecular complexity index is 790. The second-order valence-electron chi connectivity index (χ2n) is 14.3. The van der Waals surface area contributed by atoms with Crippen molar-refractivity contribution >= 4 is 0 Å². The molecular weight excluding hydrogens is 652 g/mol. The molecule has 0 fully saturated rings. The molecule has 0 aromatic heterocycles. The summed E-state index contributed by atoms with van der Waals surface area (Å²) in [5, 5.41) is 0. The van der Waals surface area contributed by atoms with Crippen molar-refractivity contribution in [2.75, 3.05) is 85.9 Å². The summed E-state index contributed by atoms with van der Waals surface area (Å²) in [5.74, 6) is 0.900. The summed E-state index contributed by atoms with van der Waals surface area (Å²) >= 11 is 0. The molecule has 1 aromatic carbocycles. The predicted octanol–water partition coefficient (Wildman–Crippen LogP) is 11.7. The molecule has 1 aromatic rings. The number of hydrogen-bond acceptors (Lipinski definition) is 7. The molecule has 0 aliphatic carbocycles. The molecule has 0 unspecified atom stereocenters. The Kier molecular flexibility index (Phi) is 39.9. The highest BCUT2D eigenvalue weighted by atomic mass is 16.6. The summed E-state index contributed by atoms with van der Waals surface area (Å²) in [6.07, 6.45) is 32.9. The predicted molar refractivity (Wildman–Crippen MR) is 218 cm³/mol. The summed E-state index contributed by atoms with van der Waals surface area (Å²) in [7, 11) is 0. The van der Waals surface area contributed by atoms with Crippen molar-refractivity contribution in [3.05, 3.63) is 29.8 Å². The molecule has 7 heteroatoms. The van der Waals surface area contributed by atoms with E-state index < -0.39 is 0 Å². The number of benzene rings is 1. The minimum absolute atomic E-state index is 0.540. The van der Waals surface area contributed by atoms with E-state index >= 15 is 0 Å². The van der Waals surface area contributed by atoms with E-state index in [0.717, 1.165) is 25.2 Å². The summed E-state index contributed by atoms with van der Waals surface area (Å²) in [5.41, 5.74) is 1.39. The molecule has 0 saturated heterocycles. The highest BCUT2D eigenvalue weighted by molar-refractivity contribution is 5.27. The van der Waals surface area contributed by atoms with Gasteiger partial charge in [-0.3, -0.25) is 0 Å². The maximum Gasteiger partial charge on any atom is 0.119 e. The van der Waals surface area contributed by atoms with Crippen molar-refractivity contribution in [2.45, 2.75) is 168 Å². The van der Waals surface area contributed by atoms with Gasteiger partial charge in [0.25, 0.3) is 0 Å². The SMILES string of the molecule is CCCCCCCCCCCCCCCCCCOCCOCCOCCOCCOCCOCCOc1ccc(CCCCCCCCC)cc1. The van der Waals surface area contributed by atoms with Gasteiger partial charge >= 0.3 is 0 Å². The lowest BCUT2D eigenvalue weighted by atomic mass is 10.0. The van der Waals surface area contributed by atoms with Crippen molar-refractivity contribution < 1.29 is 33.2 Å². The van der Waals surface area contributed by atoms with Crippen LogP contribution in [0.5, 0.6) is 5.75 Å². The summed E-state index contributed by atoms with van der Waals surface area (Å²) in [4.78, 5) is 0. The van der Waals surface area contributed by atoms with Crippen LogP contribution in [-0.4, -0.2) is 85.9 Å². The van der Waals surface area contributed by atoms with Crippen molar-refractivity contribution in [3.63, 3.8) is 0 Å². The molecule has 306 valence electrons. The lowest BCUT2D eigenvalue weighted by Crippen LogP contribution is -2.14. The number of hydrogen-bond donors (Lipinski definition) is 0. The lowest BCUT2D eigenvalue weighted by molar-refractivity contribution is -0.0179. The third-order valence-electron chi connectivity index (χ3n) is 9.49. The standard InChI is InChI=1S/C45H84O7/c1-3-5-7-9-11-12-13-14-15-16-17-18-19-21-23-25-31-46-32-33-47-34-35-48-36-37-49-38-39-50-40-41-51-42-43-52-45-29-27-44(28-30-45)26-24-22-20-10-8-6-4-2/h27-30H,3-26,31-43H2,1-2H3. The van der Waals surface area contributed by atoms with Crippen LogP contribution in [0.2, 0.25) is 0 Å². The van der Waals surface area contributed by atoms with E-state index in [-0.39, 0.29) is 0 Å². The minimum atomic E-state index is 0.540. The largest absolute Gasteiger partial charge is 0.491 e. The van der Waals surface area contributed by atoms with Crippen LogP contribution in [0.25, 0.3) is 0 Å². The molecule has 0 radical (unpaired) electrons. The summed E-state index contributed by atoms with van der Waals surface area (Å²) in [6, 6.07) is 8.50. The molecule has 52 heavy (non-hydrogen) atoms. The number of ether oxygens (including phenoxy) is 7. The van der Waals surface area contributed by atoms with Gasteiger partial charge in [-0.15, -0.1) is 0 Å². The van der Waals surface area contributed by atoms with E-state index in [2.05, 4.69) is 38.1 Å². The number of rotatable bonds is 44. The van der Waals surface area contributed by atoms with Gasteiger partial charge in [0.15, 0.2) is 0 Å². The Balaban J connectivity index is 1.68. The van der Waals surface area contributed by atoms with Crippen molar-refractivity contribution in [2.24, 2.45) is 0 Å². The van der Waals surface area contributed by atoms with E-state index in [1.165, 1.54) is 147 Å². The van der Waals surface area contributed by atoms with Crippen LogP contribution in [0.15, 0.2) is 24.3 Å². The first kappa shape index (κ1) is 48.8.